The maximum absolute atomic E-state index is 10.7. The summed E-state index contributed by atoms with van der Waals surface area (Å²) in [7, 11) is 0. The Morgan fingerprint density at radius 2 is 2.12 bits per heavy atom. The molecule has 0 amide bonds. The number of nitrogens with one attached hydrogen (secondary N) is 1. The first-order valence-corrected chi connectivity index (χ1v) is 5.14. The van der Waals surface area contributed by atoms with Gasteiger partial charge in [-0.15, -0.1) is 17.0 Å². The second-order valence-corrected chi connectivity index (χ2v) is 4.32. The Balaban J connectivity index is 0.00000225. The van der Waals surface area contributed by atoms with E-state index in [-0.39, 0.29) is 33.1 Å². The third-order valence-electron chi connectivity index (χ3n) is 1.88. The van der Waals surface area contributed by atoms with Gasteiger partial charge < -0.3 is 5.73 Å². The highest BCUT2D eigenvalue weighted by Crippen LogP contribution is 2.33. The number of para-hydroxylation sites is 1. The van der Waals surface area contributed by atoms with Crippen LogP contribution < -0.4 is 5.73 Å². The first kappa shape index (κ1) is 14.9. The van der Waals surface area contributed by atoms with Gasteiger partial charge in [0.05, 0.1) is 4.92 Å². The number of halogens is 1. The van der Waals surface area contributed by atoms with Crippen LogP contribution in [0.5, 0.6) is 0 Å². The summed E-state index contributed by atoms with van der Waals surface area (Å²) >= 11 is 1.10. The molecule has 1 unspecified atom stereocenters. The fraction of sp³-hybridized carbons (Fsp3) is 0.222. The van der Waals surface area contributed by atoms with Crippen LogP contribution in [0.1, 0.15) is 17.7 Å². The summed E-state index contributed by atoms with van der Waals surface area (Å²) in [5.41, 5.74) is 5.89. The van der Waals surface area contributed by atoms with Gasteiger partial charge in [-0.25, -0.2) is 0 Å². The van der Waals surface area contributed by atoms with Crippen LogP contribution in [0.3, 0.4) is 0 Å². The zero-order chi connectivity index (χ0) is 11.4. The number of nitrogens with two attached hydrogens (primary N) is 1. The Labute approximate surface area is 108 Å². The zero-order valence-electron chi connectivity index (χ0n) is 8.54. The van der Waals surface area contributed by atoms with E-state index < -0.39 is 4.92 Å². The molecule has 1 atom stereocenters. The SMILES string of the molecule is Br.CC(SC(=N)N)c1ccccc1[N+](=O)[O-]. The summed E-state index contributed by atoms with van der Waals surface area (Å²) in [6, 6.07) is 6.48. The Hall–Kier alpha value is -1.08. The van der Waals surface area contributed by atoms with Crippen molar-refractivity contribution in [2.45, 2.75) is 12.2 Å². The molecule has 7 heteroatoms. The van der Waals surface area contributed by atoms with Crippen LogP contribution >= 0.6 is 28.7 Å². The van der Waals surface area contributed by atoms with Crippen LogP contribution in [0, 0.1) is 15.5 Å². The molecule has 0 aromatic heterocycles. The first-order valence-electron chi connectivity index (χ1n) is 4.26. The lowest BCUT2D eigenvalue weighted by Crippen LogP contribution is -2.07. The van der Waals surface area contributed by atoms with E-state index in [0.717, 1.165) is 11.8 Å². The summed E-state index contributed by atoms with van der Waals surface area (Å²) < 4.78 is 0. The summed E-state index contributed by atoms with van der Waals surface area (Å²) in [4.78, 5) is 10.3. The van der Waals surface area contributed by atoms with Gasteiger partial charge in [-0.05, 0) is 6.92 Å². The minimum Gasteiger partial charge on any atom is -0.379 e. The summed E-state index contributed by atoms with van der Waals surface area (Å²) in [5, 5.41) is 17.6. The number of hydrogen-bond acceptors (Lipinski definition) is 4. The molecule has 0 heterocycles. The molecule has 1 rings (SSSR count). The van der Waals surface area contributed by atoms with Crippen molar-refractivity contribution in [1.29, 1.82) is 5.41 Å². The number of nitro groups is 1. The van der Waals surface area contributed by atoms with Crippen LogP contribution in [0.15, 0.2) is 24.3 Å². The maximum atomic E-state index is 10.7. The third-order valence-corrected chi connectivity index (χ3v) is 2.74. The molecule has 5 nitrogen and oxygen atoms in total. The summed E-state index contributed by atoms with van der Waals surface area (Å²) in [6.45, 7) is 1.79. The van der Waals surface area contributed by atoms with E-state index in [1.165, 1.54) is 6.07 Å². The van der Waals surface area contributed by atoms with E-state index in [2.05, 4.69) is 0 Å². The highest BCUT2D eigenvalue weighted by Gasteiger charge is 2.18. The fourth-order valence-corrected chi connectivity index (χ4v) is 1.96. The number of amidine groups is 1. The van der Waals surface area contributed by atoms with Gasteiger partial charge in [-0.1, -0.05) is 30.0 Å². The van der Waals surface area contributed by atoms with Crippen molar-refractivity contribution in [3.8, 4) is 0 Å². The molecule has 16 heavy (non-hydrogen) atoms. The van der Waals surface area contributed by atoms with E-state index in [1.54, 1.807) is 25.1 Å². The van der Waals surface area contributed by atoms with Crippen molar-refractivity contribution >= 4 is 39.6 Å². The van der Waals surface area contributed by atoms with Crippen molar-refractivity contribution in [3.63, 3.8) is 0 Å². The van der Waals surface area contributed by atoms with Gasteiger partial charge in [0.2, 0.25) is 0 Å². The highest BCUT2D eigenvalue weighted by atomic mass is 79.9. The minimum atomic E-state index is -0.424. The lowest BCUT2D eigenvalue weighted by Gasteiger charge is -2.09. The van der Waals surface area contributed by atoms with Gasteiger partial charge in [0.25, 0.3) is 5.69 Å². The number of nitro benzene ring substituents is 1. The topological polar surface area (TPSA) is 93.0 Å². The highest BCUT2D eigenvalue weighted by molar-refractivity contribution is 8.93. The van der Waals surface area contributed by atoms with Gasteiger partial charge in [-0.2, -0.15) is 0 Å². The molecule has 0 spiro atoms. The van der Waals surface area contributed by atoms with Crippen LogP contribution in [0.25, 0.3) is 0 Å². The third kappa shape index (κ3) is 3.82. The number of nitrogens with zero attached hydrogens (tertiary/aromatic N) is 1. The van der Waals surface area contributed by atoms with Gasteiger partial charge in [0, 0.05) is 16.9 Å². The number of rotatable bonds is 3. The minimum absolute atomic E-state index is 0. The predicted molar refractivity (Wildman–Crippen MR) is 71.3 cm³/mol. The van der Waals surface area contributed by atoms with Crippen LogP contribution in [0.2, 0.25) is 0 Å². The predicted octanol–water partition coefficient (Wildman–Crippen LogP) is 2.86. The number of benzene rings is 1. The molecule has 0 aliphatic carbocycles. The lowest BCUT2D eigenvalue weighted by atomic mass is 10.1. The second kappa shape index (κ2) is 6.49. The molecule has 0 aliphatic rings. The molecule has 88 valence electrons. The number of thioether (sulfide) groups is 1. The van der Waals surface area contributed by atoms with Crippen molar-refractivity contribution in [1.82, 2.24) is 0 Å². The Morgan fingerprint density at radius 3 is 2.62 bits per heavy atom. The zero-order valence-corrected chi connectivity index (χ0v) is 11.1. The van der Waals surface area contributed by atoms with Crippen LogP contribution in [0.4, 0.5) is 5.69 Å². The molecular formula is C9H12BrN3O2S. The fourth-order valence-electron chi connectivity index (χ4n) is 1.25. The molecule has 1 aromatic carbocycles. The summed E-state index contributed by atoms with van der Waals surface area (Å²) in [5.74, 6) is 0. The monoisotopic (exact) mass is 305 g/mol. The lowest BCUT2D eigenvalue weighted by molar-refractivity contribution is -0.385. The van der Waals surface area contributed by atoms with E-state index in [0.29, 0.717) is 5.56 Å². The van der Waals surface area contributed by atoms with Gasteiger partial charge >= 0.3 is 0 Å². The second-order valence-electron chi connectivity index (χ2n) is 2.94. The standard InChI is InChI=1S/C9H11N3O2S.BrH/c1-6(15-9(10)11)7-4-2-3-5-8(7)12(13)14;/h2-6H,1H3,(H3,10,11);1H. The van der Waals surface area contributed by atoms with Crippen molar-refractivity contribution in [2.24, 2.45) is 5.73 Å². The van der Waals surface area contributed by atoms with Gasteiger partial charge in [0.1, 0.15) is 0 Å². The van der Waals surface area contributed by atoms with E-state index in [9.17, 15) is 10.1 Å². The molecular weight excluding hydrogens is 294 g/mol. The molecule has 3 N–H and O–H groups in total. The Bertz CT molecular complexity index is 400. The Morgan fingerprint density at radius 1 is 1.56 bits per heavy atom. The van der Waals surface area contributed by atoms with Crippen molar-refractivity contribution in [2.75, 3.05) is 0 Å². The average Bonchev–Trinajstić information content (AvgIpc) is 2.16. The largest absolute Gasteiger partial charge is 0.379 e. The van der Waals surface area contributed by atoms with Crippen molar-refractivity contribution < 1.29 is 4.92 Å². The molecule has 0 aliphatic heterocycles. The van der Waals surface area contributed by atoms with Crippen molar-refractivity contribution in [3.05, 3.63) is 39.9 Å². The maximum Gasteiger partial charge on any atom is 0.273 e. The molecule has 0 saturated carbocycles. The van der Waals surface area contributed by atoms with Crippen LogP contribution in [-0.2, 0) is 0 Å². The average molecular weight is 306 g/mol. The molecule has 0 fully saturated rings. The van der Waals surface area contributed by atoms with Crippen LogP contribution in [-0.4, -0.2) is 10.1 Å². The van der Waals surface area contributed by atoms with Gasteiger partial charge in [-0.3, -0.25) is 15.5 Å². The molecule has 0 bridgehead atoms. The summed E-state index contributed by atoms with van der Waals surface area (Å²) in [6.07, 6.45) is 0. The quantitative estimate of drug-likeness (QED) is 0.388. The molecule has 0 radical (unpaired) electrons. The Kier molecular flexibility index (Phi) is 6.05. The smallest absolute Gasteiger partial charge is 0.273 e. The first-order chi connectivity index (χ1) is 7.02. The molecule has 0 saturated heterocycles. The molecule has 1 aromatic rings. The van der Waals surface area contributed by atoms with E-state index in [1.807, 2.05) is 0 Å². The number of hydrogen-bond donors (Lipinski definition) is 2. The van der Waals surface area contributed by atoms with E-state index >= 15 is 0 Å². The van der Waals surface area contributed by atoms with E-state index in [4.69, 9.17) is 11.1 Å². The van der Waals surface area contributed by atoms with Gasteiger partial charge in [0.15, 0.2) is 5.17 Å². The normalized spacial score (nSPS) is 11.3.